The number of phenolic OH excluding ortho intramolecular Hbond substituents is 1. The van der Waals surface area contributed by atoms with Gasteiger partial charge in [0.15, 0.2) is 0 Å². The Morgan fingerprint density at radius 1 is 1.62 bits per heavy atom. The first-order valence-electron chi connectivity index (χ1n) is 4.65. The average molecular weight is 284 g/mol. The van der Waals surface area contributed by atoms with Crippen LogP contribution in [-0.4, -0.2) is 17.7 Å². The molecule has 0 saturated heterocycles. The molecule has 0 atom stereocenters. The second-order valence-electron chi connectivity index (χ2n) is 3.06. The van der Waals surface area contributed by atoms with E-state index < -0.39 is 5.97 Å². The fourth-order valence-corrected chi connectivity index (χ4v) is 1.70. The van der Waals surface area contributed by atoms with Crippen molar-refractivity contribution in [2.75, 3.05) is 6.61 Å². The van der Waals surface area contributed by atoms with Crippen molar-refractivity contribution in [3.8, 4) is 11.8 Å². The molecule has 16 heavy (non-hydrogen) atoms. The minimum Gasteiger partial charge on any atom is -0.508 e. The maximum Gasteiger partial charge on any atom is 0.310 e. The molecule has 84 valence electrons. The zero-order valence-corrected chi connectivity index (χ0v) is 10.2. The number of ether oxygens (including phenoxy) is 1. The number of nitrogens with zero attached hydrogens (tertiary/aromatic N) is 1. The van der Waals surface area contributed by atoms with Crippen LogP contribution in [0.5, 0.6) is 5.75 Å². The van der Waals surface area contributed by atoms with Gasteiger partial charge in [-0.15, -0.1) is 0 Å². The van der Waals surface area contributed by atoms with Crippen LogP contribution in [0, 0.1) is 11.3 Å². The number of halogens is 1. The van der Waals surface area contributed by atoms with E-state index in [0.29, 0.717) is 22.2 Å². The average Bonchev–Trinajstić information content (AvgIpc) is 2.23. The molecule has 0 aliphatic carbocycles. The summed E-state index contributed by atoms with van der Waals surface area (Å²) >= 11 is 3.21. The van der Waals surface area contributed by atoms with Crippen LogP contribution in [0.4, 0.5) is 0 Å². The zero-order chi connectivity index (χ0) is 12.1. The summed E-state index contributed by atoms with van der Waals surface area (Å²) in [6, 6.07) is 4.69. The number of carbonyl (C=O) groups is 1. The highest BCUT2D eigenvalue weighted by Gasteiger charge is 2.12. The van der Waals surface area contributed by atoms with Gasteiger partial charge < -0.3 is 9.84 Å². The van der Waals surface area contributed by atoms with Gasteiger partial charge in [-0.3, -0.25) is 4.79 Å². The van der Waals surface area contributed by atoms with Crippen molar-refractivity contribution in [3.63, 3.8) is 0 Å². The van der Waals surface area contributed by atoms with Crippen molar-refractivity contribution in [1.82, 2.24) is 0 Å². The van der Waals surface area contributed by atoms with Gasteiger partial charge in [0.05, 0.1) is 18.6 Å². The van der Waals surface area contributed by atoms with Gasteiger partial charge in [0.1, 0.15) is 11.8 Å². The van der Waals surface area contributed by atoms with E-state index in [1.165, 1.54) is 12.1 Å². The Kier molecular flexibility index (Phi) is 4.32. The van der Waals surface area contributed by atoms with Gasteiger partial charge in [-0.05, 0) is 40.5 Å². The number of hydrogen-bond acceptors (Lipinski definition) is 4. The molecule has 0 bridgehead atoms. The molecule has 5 heteroatoms. The van der Waals surface area contributed by atoms with Gasteiger partial charge in [0, 0.05) is 4.47 Å². The first-order chi connectivity index (χ1) is 7.58. The Hall–Kier alpha value is -1.54. The first kappa shape index (κ1) is 12.5. The Morgan fingerprint density at radius 2 is 2.31 bits per heavy atom. The van der Waals surface area contributed by atoms with Gasteiger partial charge in [0.2, 0.25) is 0 Å². The predicted octanol–water partition coefficient (Wildman–Crippen LogP) is 2.13. The zero-order valence-electron chi connectivity index (χ0n) is 8.66. The van der Waals surface area contributed by atoms with Crippen LogP contribution >= 0.6 is 15.9 Å². The monoisotopic (exact) mass is 283 g/mol. The van der Waals surface area contributed by atoms with E-state index in [-0.39, 0.29) is 12.2 Å². The molecule has 1 rings (SSSR count). The maximum absolute atomic E-state index is 11.3. The molecule has 4 nitrogen and oxygen atoms in total. The van der Waals surface area contributed by atoms with Gasteiger partial charge in [-0.25, -0.2) is 0 Å². The lowest BCUT2D eigenvalue weighted by atomic mass is 10.1. The van der Waals surface area contributed by atoms with E-state index in [1.54, 1.807) is 6.92 Å². The van der Waals surface area contributed by atoms with Crippen LogP contribution in [0.1, 0.15) is 18.1 Å². The second kappa shape index (κ2) is 5.52. The number of benzene rings is 1. The molecule has 1 N–H and O–H groups in total. The summed E-state index contributed by atoms with van der Waals surface area (Å²) in [5, 5.41) is 18.2. The summed E-state index contributed by atoms with van der Waals surface area (Å²) in [7, 11) is 0. The number of phenols is 1. The molecule has 0 amide bonds. The Morgan fingerprint density at radius 3 is 2.88 bits per heavy atom. The predicted molar refractivity (Wildman–Crippen MR) is 60.9 cm³/mol. The lowest BCUT2D eigenvalue weighted by Gasteiger charge is -2.06. The molecule has 1 aromatic carbocycles. The number of aromatic hydroxyl groups is 1. The highest BCUT2D eigenvalue weighted by molar-refractivity contribution is 9.10. The van der Waals surface area contributed by atoms with Crippen molar-refractivity contribution in [1.29, 1.82) is 5.26 Å². The lowest BCUT2D eigenvalue weighted by molar-refractivity contribution is -0.142. The van der Waals surface area contributed by atoms with Gasteiger partial charge >= 0.3 is 5.97 Å². The molecule has 0 aliphatic heterocycles. The smallest absolute Gasteiger partial charge is 0.310 e. The molecule has 1 aromatic rings. The number of rotatable bonds is 3. The van der Waals surface area contributed by atoms with E-state index >= 15 is 0 Å². The highest BCUT2D eigenvalue weighted by Crippen LogP contribution is 2.27. The van der Waals surface area contributed by atoms with Gasteiger partial charge in [-0.2, -0.15) is 5.26 Å². The van der Waals surface area contributed by atoms with Crippen LogP contribution in [-0.2, 0) is 16.0 Å². The summed E-state index contributed by atoms with van der Waals surface area (Å²) in [6.07, 6.45) is 0.0253. The number of hydrogen-bond donors (Lipinski definition) is 1. The number of carbonyl (C=O) groups excluding carboxylic acids is 1. The van der Waals surface area contributed by atoms with Crippen molar-refractivity contribution in [3.05, 3.63) is 27.7 Å². The standard InChI is InChI=1S/C11H10BrNO3/c1-2-16-10(15)5-7-3-9(14)4-8(6-13)11(7)12/h3-4,14H,2,5H2,1H3. The summed E-state index contributed by atoms with van der Waals surface area (Å²) in [4.78, 5) is 11.3. The van der Waals surface area contributed by atoms with E-state index in [2.05, 4.69) is 15.9 Å². The number of nitriles is 1. The fourth-order valence-electron chi connectivity index (χ4n) is 1.25. The van der Waals surface area contributed by atoms with Crippen LogP contribution in [0.25, 0.3) is 0 Å². The third-order valence-electron chi connectivity index (χ3n) is 1.89. The molecule has 0 spiro atoms. The van der Waals surface area contributed by atoms with Crippen LogP contribution in [0.15, 0.2) is 16.6 Å². The third-order valence-corrected chi connectivity index (χ3v) is 2.83. The molecular formula is C11H10BrNO3. The first-order valence-corrected chi connectivity index (χ1v) is 5.45. The summed E-state index contributed by atoms with van der Waals surface area (Å²) in [5.41, 5.74) is 0.828. The van der Waals surface area contributed by atoms with Crippen LogP contribution < -0.4 is 0 Å². The van der Waals surface area contributed by atoms with Gasteiger partial charge in [0.25, 0.3) is 0 Å². The maximum atomic E-state index is 11.3. The second-order valence-corrected chi connectivity index (χ2v) is 3.85. The largest absolute Gasteiger partial charge is 0.508 e. The molecule has 0 aliphatic rings. The topological polar surface area (TPSA) is 70.3 Å². The van der Waals surface area contributed by atoms with E-state index in [0.717, 1.165) is 0 Å². The highest BCUT2D eigenvalue weighted by atomic mass is 79.9. The molecular weight excluding hydrogens is 274 g/mol. The summed E-state index contributed by atoms with van der Waals surface area (Å²) < 4.78 is 5.30. The third kappa shape index (κ3) is 2.97. The molecule has 0 saturated carbocycles. The normalized spacial score (nSPS) is 9.56. The summed E-state index contributed by atoms with van der Waals surface area (Å²) in [6.45, 7) is 2.02. The van der Waals surface area contributed by atoms with Crippen molar-refractivity contribution < 1.29 is 14.6 Å². The molecule has 0 fully saturated rings. The van der Waals surface area contributed by atoms with Crippen LogP contribution in [0.3, 0.4) is 0 Å². The Bertz CT molecular complexity index is 451. The van der Waals surface area contributed by atoms with Crippen molar-refractivity contribution >= 4 is 21.9 Å². The van der Waals surface area contributed by atoms with Crippen molar-refractivity contribution in [2.24, 2.45) is 0 Å². The molecule has 0 heterocycles. The quantitative estimate of drug-likeness (QED) is 0.863. The van der Waals surface area contributed by atoms with E-state index in [4.69, 9.17) is 10.00 Å². The summed E-state index contributed by atoms with van der Waals surface area (Å²) in [5.74, 6) is -0.434. The Labute approximate surface area is 102 Å². The molecule has 0 radical (unpaired) electrons. The minimum absolute atomic E-state index is 0.0253. The van der Waals surface area contributed by atoms with Crippen LogP contribution in [0.2, 0.25) is 0 Å². The molecule has 0 aromatic heterocycles. The SMILES string of the molecule is CCOC(=O)Cc1cc(O)cc(C#N)c1Br. The lowest BCUT2D eigenvalue weighted by Crippen LogP contribution is -2.08. The Balaban J connectivity index is 3.01. The molecule has 0 unspecified atom stereocenters. The minimum atomic E-state index is -0.391. The van der Waals surface area contributed by atoms with Crippen molar-refractivity contribution in [2.45, 2.75) is 13.3 Å². The van der Waals surface area contributed by atoms with Gasteiger partial charge in [-0.1, -0.05) is 0 Å². The van der Waals surface area contributed by atoms with E-state index in [9.17, 15) is 9.90 Å². The van der Waals surface area contributed by atoms with E-state index in [1.807, 2.05) is 6.07 Å². The number of esters is 1. The fraction of sp³-hybridized carbons (Fsp3) is 0.273.